The third-order valence-electron chi connectivity index (χ3n) is 3.79. The summed E-state index contributed by atoms with van der Waals surface area (Å²) in [5, 5.41) is 21.1. The molecule has 0 fully saturated rings. The van der Waals surface area contributed by atoms with E-state index in [0.717, 1.165) is 44.1 Å². The van der Waals surface area contributed by atoms with E-state index < -0.39 is 0 Å². The molecule has 0 unspecified atom stereocenters. The molecule has 0 saturated carbocycles. The van der Waals surface area contributed by atoms with Crippen molar-refractivity contribution in [3.63, 3.8) is 0 Å². The van der Waals surface area contributed by atoms with Crippen LogP contribution in [0.2, 0.25) is 5.02 Å². The highest BCUT2D eigenvalue weighted by molar-refractivity contribution is 7.15. The minimum absolute atomic E-state index is 0.664. The second-order valence-electron chi connectivity index (χ2n) is 5.69. The fourth-order valence-electron chi connectivity index (χ4n) is 2.52. The minimum Gasteiger partial charge on any atom is -0.356 e. The molecule has 2 aromatic carbocycles. The lowest BCUT2D eigenvalue weighted by Gasteiger charge is -2.04. The third kappa shape index (κ3) is 4.07. The molecule has 0 bridgehead atoms. The van der Waals surface area contributed by atoms with Crippen LogP contribution in [0.3, 0.4) is 0 Å². The first kappa shape index (κ1) is 16.7. The van der Waals surface area contributed by atoms with Gasteiger partial charge in [0, 0.05) is 23.6 Å². The van der Waals surface area contributed by atoms with Crippen LogP contribution in [-0.2, 0) is 13.0 Å². The van der Waals surface area contributed by atoms with Gasteiger partial charge in [0.2, 0.25) is 5.13 Å². The Hall–Kier alpha value is -2.77. The number of H-pyrrole nitrogens is 1. The summed E-state index contributed by atoms with van der Waals surface area (Å²) >= 11 is 7.48. The van der Waals surface area contributed by atoms with Crippen LogP contribution >= 0.6 is 22.9 Å². The Morgan fingerprint density at radius 3 is 2.73 bits per heavy atom. The Kier molecular flexibility index (Phi) is 4.90. The van der Waals surface area contributed by atoms with Crippen LogP contribution in [0.25, 0.3) is 11.4 Å². The molecule has 130 valence electrons. The van der Waals surface area contributed by atoms with Gasteiger partial charge in [0.1, 0.15) is 11.3 Å². The second kappa shape index (κ2) is 7.63. The minimum atomic E-state index is 0.664. The van der Waals surface area contributed by atoms with E-state index >= 15 is 0 Å². The second-order valence-corrected chi connectivity index (χ2v) is 7.19. The molecule has 0 saturated heterocycles. The van der Waals surface area contributed by atoms with Gasteiger partial charge in [-0.25, -0.2) is 4.98 Å². The predicted octanol–water partition coefficient (Wildman–Crippen LogP) is 4.18. The Morgan fingerprint density at radius 2 is 1.92 bits per heavy atom. The molecule has 0 aliphatic carbocycles. The van der Waals surface area contributed by atoms with E-state index in [4.69, 9.17) is 11.6 Å². The molecule has 0 atom stereocenters. The van der Waals surface area contributed by atoms with Crippen LogP contribution in [0.1, 0.15) is 16.1 Å². The number of nitrogens with one attached hydrogen (secondary N) is 2. The topological polar surface area (TPSA) is 79.4 Å². The standard InChI is InChI=1S/C18H15ClN6S/c19-15-6-4-12(5-7-15)9-16-23-25-18(26-16)20-10-13-2-1-3-14(8-13)17-21-11-22-24-17/h1-8,11H,9-10H2,(H,20,25)(H,21,22,24). The molecule has 4 rings (SSSR count). The van der Waals surface area contributed by atoms with Crippen molar-refractivity contribution in [2.75, 3.05) is 5.32 Å². The monoisotopic (exact) mass is 382 g/mol. The van der Waals surface area contributed by atoms with Crippen molar-refractivity contribution in [1.82, 2.24) is 25.4 Å². The maximum atomic E-state index is 5.92. The first-order chi connectivity index (χ1) is 12.8. The van der Waals surface area contributed by atoms with E-state index in [2.05, 4.69) is 42.8 Å². The molecular formula is C18H15ClN6S. The zero-order chi connectivity index (χ0) is 17.8. The molecule has 0 radical (unpaired) electrons. The summed E-state index contributed by atoms with van der Waals surface area (Å²) in [6.45, 7) is 0.664. The van der Waals surface area contributed by atoms with Gasteiger partial charge in [-0.2, -0.15) is 5.10 Å². The SMILES string of the molecule is Clc1ccc(Cc2nnc(NCc3cccc(-c4ncn[nH]4)c3)s2)cc1. The van der Waals surface area contributed by atoms with Gasteiger partial charge in [-0.15, -0.1) is 10.2 Å². The Morgan fingerprint density at radius 1 is 1.04 bits per heavy atom. The molecule has 0 spiro atoms. The largest absolute Gasteiger partial charge is 0.356 e. The van der Waals surface area contributed by atoms with Crippen LogP contribution in [0, 0.1) is 0 Å². The van der Waals surface area contributed by atoms with Gasteiger partial charge in [-0.3, -0.25) is 5.10 Å². The summed E-state index contributed by atoms with van der Waals surface area (Å²) in [6.07, 6.45) is 2.25. The highest BCUT2D eigenvalue weighted by Crippen LogP contribution is 2.21. The molecule has 4 aromatic rings. The molecule has 0 aliphatic heterocycles. The molecule has 6 nitrogen and oxygen atoms in total. The molecule has 2 aromatic heterocycles. The normalized spacial score (nSPS) is 10.8. The first-order valence-electron chi connectivity index (χ1n) is 8.02. The summed E-state index contributed by atoms with van der Waals surface area (Å²) in [5.41, 5.74) is 3.30. The van der Waals surface area contributed by atoms with Crippen LogP contribution in [0.5, 0.6) is 0 Å². The number of hydrogen-bond acceptors (Lipinski definition) is 6. The van der Waals surface area contributed by atoms with E-state index in [-0.39, 0.29) is 0 Å². The summed E-state index contributed by atoms with van der Waals surface area (Å²) in [5.74, 6) is 0.757. The van der Waals surface area contributed by atoms with Crippen molar-refractivity contribution in [2.45, 2.75) is 13.0 Å². The van der Waals surface area contributed by atoms with Crippen LogP contribution in [0.15, 0.2) is 54.9 Å². The molecule has 0 amide bonds. The molecule has 2 N–H and O–H groups in total. The lowest BCUT2D eigenvalue weighted by Crippen LogP contribution is -1.99. The zero-order valence-electron chi connectivity index (χ0n) is 13.7. The van der Waals surface area contributed by atoms with Crippen molar-refractivity contribution < 1.29 is 0 Å². The van der Waals surface area contributed by atoms with Gasteiger partial charge in [-0.1, -0.05) is 53.3 Å². The van der Waals surface area contributed by atoms with Crippen molar-refractivity contribution >= 4 is 28.1 Å². The number of aromatic amines is 1. The number of halogens is 1. The van der Waals surface area contributed by atoms with Gasteiger partial charge < -0.3 is 5.32 Å². The Bertz CT molecular complexity index is 981. The van der Waals surface area contributed by atoms with Gasteiger partial charge in [0.05, 0.1) is 0 Å². The number of aromatic nitrogens is 5. The van der Waals surface area contributed by atoms with E-state index in [1.54, 1.807) is 11.3 Å². The Balaban J connectivity index is 1.39. The summed E-state index contributed by atoms with van der Waals surface area (Å²) in [6, 6.07) is 15.9. The zero-order valence-corrected chi connectivity index (χ0v) is 15.3. The van der Waals surface area contributed by atoms with Crippen LogP contribution < -0.4 is 5.32 Å². The first-order valence-corrected chi connectivity index (χ1v) is 9.21. The molecule has 8 heteroatoms. The molecule has 2 heterocycles. The van der Waals surface area contributed by atoms with E-state index in [1.165, 1.54) is 6.33 Å². The Labute approximate surface area is 159 Å². The average molecular weight is 383 g/mol. The number of anilines is 1. The predicted molar refractivity (Wildman–Crippen MR) is 103 cm³/mol. The lowest BCUT2D eigenvalue weighted by atomic mass is 10.1. The molecule has 0 aliphatic rings. The van der Waals surface area contributed by atoms with E-state index in [9.17, 15) is 0 Å². The quantitative estimate of drug-likeness (QED) is 0.523. The maximum Gasteiger partial charge on any atom is 0.205 e. The third-order valence-corrected chi connectivity index (χ3v) is 4.93. The van der Waals surface area contributed by atoms with Gasteiger partial charge in [0.15, 0.2) is 5.82 Å². The van der Waals surface area contributed by atoms with Crippen molar-refractivity contribution in [3.05, 3.63) is 76.0 Å². The van der Waals surface area contributed by atoms with Gasteiger partial charge in [0.25, 0.3) is 0 Å². The summed E-state index contributed by atoms with van der Waals surface area (Å²) in [4.78, 5) is 4.18. The molecule has 26 heavy (non-hydrogen) atoms. The van der Waals surface area contributed by atoms with Crippen molar-refractivity contribution in [3.8, 4) is 11.4 Å². The molecular weight excluding hydrogens is 368 g/mol. The van der Waals surface area contributed by atoms with E-state index in [0.29, 0.717) is 6.54 Å². The summed E-state index contributed by atoms with van der Waals surface area (Å²) < 4.78 is 0. The van der Waals surface area contributed by atoms with Crippen LogP contribution in [0.4, 0.5) is 5.13 Å². The number of benzene rings is 2. The lowest BCUT2D eigenvalue weighted by molar-refractivity contribution is 0.991. The van der Waals surface area contributed by atoms with E-state index in [1.807, 2.05) is 36.4 Å². The fraction of sp³-hybridized carbons (Fsp3) is 0.111. The summed E-state index contributed by atoms with van der Waals surface area (Å²) in [7, 11) is 0. The van der Waals surface area contributed by atoms with Gasteiger partial charge >= 0.3 is 0 Å². The highest BCUT2D eigenvalue weighted by Gasteiger charge is 2.06. The van der Waals surface area contributed by atoms with Crippen molar-refractivity contribution in [1.29, 1.82) is 0 Å². The van der Waals surface area contributed by atoms with Crippen molar-refractivity contribution in [2.24, 2.45) is 0 Å². The van der Waals surface area contributed by atoms with Crippen LogP contribution in [-0.4, -0.2) is 25.4 Å². The van der Waals surface area contributed by atoms with Gasteiger partial charge in [-0.05, 0) is 29.3 Å². The number of hydrogen-bond donors (Lipinski definition) is 2. The fourth-order valence-corrected chi connectivity index (χ4v) is 3.42. The smallest absolute Gasteiger partial charge is 0.205 e. The average Bonchev–Trinajstić information content (AvgIpc) is 3.34. The number of nitrogens with zero attached hydrogens (tertiary/aromatic N) is 4. The maximum absolute atomic E-state index is 5.92. The number of rotatable bonds is 6. The highest BCUT2D eigenvalue weighted by atomic mass is 35.5.